The molecule has 0 aromatic heterocycles. The van der Waals surface area contributed by atoms with Crippen molar-refractivity contribution >= 4 is 0 Å². The van der Waals surface area contributed by atoms with E-state index in [1.54, 1.807) is 7.11 Å². The lowest BCUT2D eigenvalue weighted by Crippen LogP contribution is -2.28. The largest absolute Gasteiger partial charge is 0.395 e. The molecule has 0 amide bonds. The number of aliphatic hydroxyl groups is 1. The molecule has 0 aromatic carbocycles. The first kappa shape index (κ1) is 10.9. The molecule has 0 bridgehead atoms. The molecule has 1 N–H and O–H groups in total. The van der Waals surface area contributed by atoms with Gasteiger partial charge in [0.2, 0.25) is 0 Å². The predicted molar refractivity (Wildman–Crippen MR) is 49.7 cm³/mol. The summed E-state index contributed by atoms with van der Waals surface area (Å²) in [4.78, 5) is 2.16. The fourth-order valence-electron chi connectivity index (χ4n) is 1.74. The highest BCUT2D eigenvalue weighted by molar-refractivity contribution is 4.85. The third-order valence-electron chi connectivity index (χ3n) is 2.39. The Hall–Kier alpha value is -0.160. The number of likely N-dealkylation sites (tertiary alicyclic amines) is 1. The highest BCUT2D eigenvalue weighted by Crippen LogP contribution is 2.15. The Morgan fingerprint density at radius 1 is 1.38 bits per heavy atom. The number of rotatable bonds is 5. The summed E-state index contributed by atoms with van der Waals surface area (Å²) in [5.41, 5.74) is 0. The minimum atomic E-state index is 0.159. The van der Waals surface area contributed by atoms with Crippen LogP contribution in [0.15, 0.2) is 0 Å². The van der Waals surface area contributed by atoms with Gasteiger partial charge in [0, 0.05) is 33.4 Å². The summed E-state index contributed by atoms with van der Waals surface area (Å²) in [6, 6.07) is 0. The van der Waals surface area contributed by atoms with E-state index in [4.69, 9.17) is 14.6 Å². The molecule has 13 heavy (non-hydrogen) atoms. The fourth-order valence-corrected chi connectivity index (χ4v) is 1.74. The molecule has 4 heteroatoms. The number of β-amino-alcohol motifs (C(OH)–C–C–N with tert-alkyl or cyclic N) is 1. The molecule has 1 saturated heterocycles. The maximum atomic E-state index is 8.78. The molecule has 0 saturated carbocycles. The summed E-state index contributed by atoms with van der Waals surface area (Å²) in [5, 5.41) is 8.78. The normalized spacial score (nSPS) is 29.8. The molecule has 0 unspecified atom stereocenters. The second-order valence-corrected chi connectivity index (χ2v) is 3.25. The van der Waals surface area contributed by atoms with Gasteiger partial charge in [-0.3, -0.25) is 4.90 Å². The molecule has 4 nitrogen and oxygen atoms in total. The maximum Gasteiger partial charge on any atom is 0.0975 e. The molecule has 0 aliphatic carbocycles. The summed E-state index contributed by atoms with van der Waals surface area (Å²) < 4.78 is 10.8. The van der Waals surface area contributed by atoms with Gasteiger partial charge in [-0.05, 0) is 6.92 Å². The van der Waals surface area contributed by atoms with Gasteiger partial charge < -0.3 is 14.6 Å². The van der Waals surface area contributed by atoms with E-state index in [0.717, 1.165) is 19.7 Å². The minimum absolute atomic E-state index is 0.159. The molecule has 0 radical (unpaired) electrons. The summed E-state index contributed by atoms with van der Waals surface area (Å²) >= 11 is 0. The van der Waals surface area contributed by atoms with Gasteiger partial charge in [-0.1, -0.05) is 0 Å². The van der Waals surface area contributed by atoms with Crippen molar-refractivity contribution in [1.82, 2.24) is 4.90 Å². The van der Waals surface area contributed by atoms with Gasteiger partial charge in [0.25, 0.3) is 0 Å². The first-order valence-corrected chi connectivity index (χ1v) is 4.79. The molecule has 2 atom stereocenters. The molecule has 1 aliphatic rings. The van der Waals surface area contributed by atoms with Crippen LogP contribution in [0, 0.1) is 0 Å². The number of hydrogen-bond donors (Lipinski definition) is 1. The van der Waals surface area contributed by atoms with Crippen molar-refractivity contribution in [1.29, 1.82) is 0 Å². The van der Waals surface area contributed by atoms with E-state index < -0.39 is 0 Å². The zero-order valence-electron chi connectivity index (χ0n) is 8.40. The van der Waals surface area contributed by atoms with Gasteiger partial charge in [-0.15, -0.1) is 0 Å². The van der Waals surface area contributed by atoms with E-state index in [-0.39, 0.29) is 18.8 Å². The molecular weight excluding hydrogens is 170 g/mol. The highest BCUT2D eigenvalue weighted by Gasteiger charge is 2.32. The van der Waals surface area contributed by atoms with E-state index >= 15 is 0 Å². The Bertz CT molecular complexity index is 143. The smallest absolute Gasteiger partial charge is 0.0975 e. The number of methoxy groups -OCH3 is 1. The van der Waals surface area contributed by atoms with Gasteiger partial charge in [0.05, 0.1) is 18.8 Å². The van der Waals surface area contributed by atoms with Crippen molar-refractivity contribution in [3.63, 3.8) is 0 Å². The Morgan fingerprint density at radius 2 is 2.08 bits per heavy atom. The van der Waals surface area contributed by atoms with E-state index in [1.165, 1.54) is 0 Å². The highest BCUT2D eigenvalue weighted by atomic mass is 16.5. The molecular formula is C9H19NO3. The number of nitrogens with zero attached hydrogens (tertiary/aromatic N) is 1. The van der Waals surface area contributed by atoms with Crippen LogP contribution in [0.5, 0.6) is 0 Å². The Labute approximate surface area is 79.4 Å². The van der Waals surface area contributed by atoms with E-state index in [2.05, 4.69) is 4.90 Å². The molecule has 1 aliphatic heterocycles. The molecule has 1 fully saturated rings. The van der Waals surface area contributed by atoms with Crippen molar-refractivity contribution in [2.75, 3.05) is 40.0 Å². The van der Waals surface area contributed by atoms with Gasteiger partial charge in [0.1, 0.15) is 0 Å². The second kappa shape index (κ2) is 5.54. The first-order valence-electron chi connectivity index (χ1n) is 4.79. The Balaban J connectivity index is 2.36. The predicted octanol–water partition coefficient (Wildman–Crippen LogP) is -0.286. The van der Waals surface area contributed by atoms with Crippen molar-refractivity contribution in [3.05, 3.63) is 0 Å². The zero-order valence-corrected chi connectivity index (χ0v) is 8.40. The maximum absolute atomic E-state index is 8.78. The topological polar surface area (TPSA) is 41.9 Å². The Kier molecular flexibility index (Phi) is 4.66. The van der Waals surface area contributed by atoms with Crippen molar-refractivity contribution < 1.29 is 14.6 Å². The fraction of sp³-hybridized carbons (Fsp3) is 1.00. The quantitative estimate of drug-likeness (QED) is 0.645. The van der Waals surface area contributed by atoms with Crippen molar-refractivity contribution in [2.24, 2.45) is 0 Å². The SMILES string of the molecule is CCO[C@H]1CN(CCO)C[C@H]1OC. The summed E-state index contributed by atoms with van der Waals surface area (Å²) in [6.45, 7) is 5.35. The summed E-state index contributed by atoms with van der Waals surface area (Å²) in [5.74, 6) is 0. The zero-order chi connectivity index (χ0) is 9.68. The average molecular weight is 189 g/mol. The summed E-state index contributed by atoms with van der Waals surface area (Å²) in [7, 11) is 1.71. The first-order chi connectivity index (χ1) is 6.31. The monoisotopic (exact) mass is 189 g/mol. The molecule has 0 aromatic rings. The van der Waals surface area contributed by atoms with Gasteiger partial charge >= 0.3 is 0 Å². The molecule has 1 rings (SSSR count). The van der Waals surface area contributed by atoms with Crippen LogP contribution >= 0.6 is 0 Å². The lowest BCUT2D eigenvalue weighted by molar-refractivity contribution is -0.0233. The van der Waals surface area contributed by atoms with Crippen molar-refractivity contribution in [3.8, 4) is 0 Å². The van der Waals surface area contributed by atoms with Crippen molar-refractivity contribution in [2.45, 2.75) is 19.1 Å². The van der Waals surface area contributed by atoms with Gasteiger partial charge in [0.15, 0.2) is 0 Å². The second-order valence-electron chi connectivity index (χ2n) is 3.25. The van der Waals surface area contributed by atoms with Crippen LogP contribution in [-0.2, 0) is 9.47 Å². The Morgan fingerprint density at radius 3 is 2.62 bits per heavy atom. The molecule has 1 heterocycles. The van der Waals surface area contributed by atoms with Crippen LogP contribution in [-0.4, -0.2) is 62.2 Å². The van der Waals surface area contributed by atoms with Gasteiger partial charge in [-0.25, -0.2) is 0 Å². The number of hydrogen-bond acceptors (Lipinski definition) is 4. The van der Waals surface area contributed by atoms with E-state index in [0.29, 0.717) is 6.54 Å². The van der Waals surface area contributed by atoms with Crippen LogP contribution in [0.2, 0.25) is 0 Å². The third kappa shape index (κ3) is 2.91. The molecule has 78 valence electrons. The summed E-state index contributed by atoms with van der Waals surface area (Å²) in [6.07, 6.45) is 0.327. The average Bonchev–Trinajstić information content (AvgIpc) is 2.49. The van der Waals surface area contributed by atoms with Crippen LogP contribution in [0.1, 0.15) is 6.92 Å². The number of ether oxygens (including phenoxy) is 2. The van der Waals surface area contributed by atoms with Crippen LogP contribution < -0.4 is 0 Å². The lowest BCUT2D eigenvalue weighted by atomic mass is 10.2. The van der Waals surface area contributed by atoms with Gasteiger partial charge in [-0.2, -0.15) is 0 Å². The van der Waals surface area contributed by atoms with E-state index in [9.17, 15) is 0 Å². The molecule has 0 spiro atoms. The van der Waals surface area contributed by atoms with E-state index in [1.807, 2.05) is 6.92 Å². The number of aliphatic hydroxyl groups excluding tert-OH is 1. The van der Waals surface area contributed by atoms with Crippen LogP contribution in [0.3, 0.4) is 0 Å². The third-order valence-corrected chi connectivity index (χ3v) is 2.39. The van der Waals surface area contributed by atoms with Crippen LogP contribution in [0.25, 0.3) is 0 Å². The lowest BCUT2D eigenvalue weighted by Gasteiger charge is -2.16. The van der Waals surface area contributed by atoms with Crippen LogP contribution in [0.4, 0.5) is 0 Å². The standard InChI is InChI=1S/C9H19NO3/c1-3-13-9-7-10(4-5-11)6-8(9)12-2/h8-9,11H,3-7H2,1-2H3/t8-,9+/m1/s1. The minimum Gasteiger partial charge on any atom is -0.395 e.